The number of rotatable bonds is 8. The van der Waals surface area contributed by atoms with E-state index in [-0.39, 0.29) is 53.3 Å². The summed E-state index contributed by atoms with van der Waals surface area (Å²) in [6.45, 7) is 27.5. The quantitative estimate of drug-likeness (QED) is 0.0935. The molecule has 0 saturated carbocycles. The number of nitrogens with zero attached hydrogens (tertiary/aromatic N) is 2. The minimum atomic E-state index is -0.337. The molecule has 0 amide bonds. The summed E-state index contributed by atoms with van der Waals surface area (Å²) in [5, 5.41) is 16.7. The maximum atomic E-state index is 12.2. The Kier molecular flexibility index (Phi) is 12.8. The molecular formula is C48H59IrN2O3-. The number of hydrogen-bond acceptors (Lipinski definition) is 5. The molecule has 6 heteroatoms. The molecule has 6 aromatic rings. The zero-order chi connectivity index (χ0) is 39.1. The van der Waals surface area contributed by atoms with Gasteiger partial charge in [0.05, 0.1) is 0 Å². The third-order valence-electron chi connectivity index (χ3n) is 11.7. The van der Waals surface area contributed by atoms with Crippen molar-refractivity contribution in [2.45, 2.75) is 127 Å². The van der Waals surface area contributed by atoms with Crippen LogP contribution in [0.5, 0.6) is 0 Å². The molecule has 0 bridgehead atoms. The number of allylic oxidation sites excluding steroid dienone is 2. The van der Waals surface area contributed by atoms with Crippen LogP contribution in [-0.4, -0.2) is 20.9 Å². The van der Waals surface area contributed by atoms with E-state index in [4.69, 9.17) is 14.4 Å². The first-order chi connectivity index (χ1) is 24.8. The first-order valence-corrected chi connectivity index (χ1v) is 19.4. The largest absolute Gasteiger partial charge is 0.512 e. The minimum Gasteiger partial charge on any atom is -0.512 e. The third kappa shape index (κ3) is 8.36. The molecule has 6 rings (SSSR count). The molecule has 5 nitrogen and oxygen atoms in total. The topological polar surface area (TPSA) is 76.2 Å². The first-order valence-electron chi connectivity index (χ1n) is 19.4. The van der Waals surface area contributed by atoms with Crippen LogP contribution in [0, 0.1) is 23.8 Å². The Hall–Kier alpha value is -3.86. The van der Waals surface area contributed by atoms with Gasteiger partial charge < -0.3 is 9.52 Å². The number of furan rings is 1. The number of hydrogen-bond donors (Lipinski definition) is 1. The first kappa shape index (κ1) is 42.9. The van der Waals surface area contributed by atoms with Crippen molar-refractivity contribution in [2.24, 2.45) is 10.8 Å². The molecule has 1 radical (unpaired) electrons. The number of aliphatic hydroxyl groups is 1. The van der Waals surface area contributed by atoms with Gasteiger partial charge in [0.1, 0.15) is 17.2 Å². The van der Waals surface area contributed by atoms with Gasteiger partial charge in [0, 0.05) is 58.9 Å². The van der Waals surface area contributed by atoms with E-state index in [1.165, 1.54) is 28.0 Å². The summed E-state index contributed by atoms with van der Waals surface area (Å²) in [4.78, 5) is 21.8. The summed E-state index contributed by atoms with van der Waals surface area (Å²) in [6, 6.07) is 25.4. The fourth-order valence-corrected chi connectivity index (χ4v) is 6.89. The molecule has 0 unspecified atom stereocenters. The van der Waals surface area contributed by atoms with Gasteiger partial charge in [0.25, 0.3) is 0 Å². The Balaban J connectivity index is 0.000000309. The molecule has 4 aromatic carbocycles. The number of aliphatic hydroxyl groups excluding tert-OH is 1. The zero-order valence-electron chi connectivity index (χ0n) is 34.7. The van der Waals surface area contributed by atoms with Gasteiger partial charge in [-0.1, -0.05) is 143 Å². The number of fused-ring (bicyclic) bond motifs is 6. The second-order valence-electron chi connectivity index (χ2n) is 17.4. The van der Waals surface area contributed by atoms with E-state index in [1.54, 1.807) is 0 Å². The van der Waals surface area contributed by atoms with Crippen molar-refractivity contribution in [3.8, 4) is 11.3 Å². The Bertz CT molecular complexity index is 2330. The fourth-order valence-electron chi connectivity index (χ4n) is 6.89. The van der Waals surface area contributed by atoms with Crippen molar-refractivity contribution in [2.75, 3.05) is 0 Å². The van der Waals surface area contributed by atoms with Gasteiger partial charge in [-0.15, -0.1) is 29.1 Å². The molecule has 0 aliphatic heterocycles. The van der Waals surface area contributed by atoms with Crippen LogP contribution in [0.2, 0.25) is 0 Å². The SMILES string of the molecule is CCC(C)(CC)C(=O)/C=C(\O)C(C)(CC)CC.Cc1nc(-c2[c-]c3ccccc3c(C(C)(C)C)c2)c2c(n1)oc1c3ccc(C(C)(C)C)cc3ccc12.[Ir]. The van der Waals surface area contributed by atoms with Crippen molar-refractivity contribution in [3.63, 3.8) is 0 Å². The number of aromatic nitrogens is 2. The average Bonchev–Trinajstić information content (AvgIpc) is 3.51. The Morgan fingerprint density at radius 1 is 0.759 bits per heavy atom. The monoisotopic (exact) mass is 904 g/mol. The molecule has 54 heavy (non-hydrogen) atoms. The predicted octanol–water partition coefficient (Wildman–Crippen LogP) is 13.7. The second-order valence-corrected chi connectivity index (χ2v) is 17.4. The number of benzene rings is 4. The van der Waals surface area contributed by atoms with Gasteiger partial charge in [-0.3, -0.25) is 9.78 Å². The smallest absolute Gasteiger partial charge is 0.223 e. The number of carbonyl (C=O) groups excluding carboxylic acids is 1. The van der Waals surface area contributed by atoms with Crippen LogP contribution in [0.1, 0.15) is 126 Å². The Morgan fingerprint density at radius 3 is 1.96 bits per heavy atom. The van der Waals surface area contributed by atoms with Crippen LogP contribution in [-0.2, 0) is 35.7 Å². The van der Waals surface area contributed by atoms with E-state index in [1.807, 2.05) is 48.5 Å². The van der Waals surface area contributed by atoms with Gasteiger partial charge in [-0.25, -0.2) is 0 Å². The molecule has 0 spiro atoms. The molecule has 0 fully saturated rings. The standard InChI is InChI=1S/C33H31N2O.C15H28O2.Ir/c1-19-34-29(22-16-20-10-8-9-11-24(20)27(18-22)33(5,6)7)28-26-14-12-21-17-23(32(2,3)4)13-15-25(21)30(26)36-31(28)35-19;1-7-14(5,8-2)12(16)11-13(17)15(6,9-3)10-4;/h8-15,17-18H,1-7H3;11,16H,7-10H2,1-6H3;/q-1;;/b;12-11-;. The normalized spacial score (nSPS) is 12.9. The molecule has 0 aliphatic carbocycles. The molecule has 0 atom stereocenters. The van der Waals surface area contributed by atoms with Crippen molar-refractivity contribution in [3.05, 3.63) is 95.5 Å². The van der Waals surface area contributed by atoms with Crippen LogP contribution in [0.15, 0.2) is 76.9 Å². The maximum Gasteiger partial charge on any atom is 0.223 e. The molecular weight excluding hydrogens is 845 g/mol. The molecule has 0 saturated heterocycles. The summed E-state index contributed by atoms with van der Waals surface area (Å²) in [6.07, 6.45) is 4.75. The number of ketones is 1. The van der Waals surface area contributed by atoms with Crippen LogP contribution in [0.25, 0.3) is 54.9 Å². The van der Waals surface area contributed by atoms with Crippen LogP contribution >= 0.6 is 0 Å². The molecule has 1 N–H and O–H groups in total. The Morgan fingerprint density at radius 2 is 1.37 bits per heavy atom. The van der Waals surface area contributed by atoms with Crippen LogP contribution in [0.4, 0.5) is 0 Å². The summed E-state index contributed by atoms with van der Waals surface area (Å²) in [7, 11) is 0. The van der Waals surface area contributed by atoms with Gasteiger partial charge >= 0.3 is 0 Å². The van der Waals surface area contributed by atoms with E-state index in [2.05, 4.69) is 108 Å². The van der Waals surface area contributed by atoms with Crippen molar-refractivity contribution >= 4 is 49.4 Å². The summed E-state index contributed by atoms with van der Waals surface area (Å²) < 4.78 is 6.45. The van der Waals surface area contributed by atoms with Crippen molar-refractivity contribution in [1.29, 1.82) is 0 Å². The van der Waals surface area contributed by atoms with Crippen molar-refractivity contribution in [1.82, 2.24) is 9.97 Å². The van der Waals surface area contributed by atoms with E-state index < -0.39 is 0 Å². The molecule has 0 aliphatic rings. The van der Waals surface area contributed by atoms with Gasteiger partial charge in [0.2, 0.25) is 5.71 Å². The number of aryl methyl sites for hydroxylation is 1. The van der Waals surface area contributed by atoms with Crippen LogP contribution < -0.4 is 0 Å². The van der Waals surface area contributed by atoms with E-state index in [0.717, 1.165) is 64.1 Å². The molecule has 2 heterocycles. The molecule has 2 aromatic heterocycles. The molecule has 289 valence electrons. The summed E-state index contributed by atoms with van der Waals surface area (Å²) in [5.74, 6) is 0.975. The van der Waals surface area contributed by atoms with E-state index >= 15 is 0 Å². The minimum absolute atomic E-state index is 0. The Labute approximate surface area is 336 Å². The summed E-state index contributed by atoms with van der Waals surface area (Å²) in [5.41, 5.74) is 5.38. The van der Waals surface area contributed by atoms with E-state index in [0.29, 0.717) is 11.5 Å². The second kappa shape index (κ2) is 16.1. The number of carbonyl (C=O) groups is 1. The van der Waals surface area contributed by atoms with Crippen LogP contribution in [0.3, 0.4) is 0 Å². The van der Waals surface area contributed by atoms with Gasteiger partial charge in [-0.05, 0) is 54.4 Å². The summed E-state index contributed by atoms with van der Waals surface area (Å²) >= 11 is 0. The fraction of sp³-hybridized carbons (Fsp3) is 0.438. The van der Waals surface area contributed by atoms with Gasteiger partial charge in [0.15, 0.2) is 5.78 Å². The maximum absolute atomic E-state index is 12.2. The third-order valence-corrected chi connectivity index (χ3v) is 11.7. The van der Waals surface area contributed by atoms with Gasteiger partial charge in [-0.2, -0.15) is 4.98 Å². The van der Waals surface area contributed by atoms with E-state index in [9.17, 15) is 9.90 Å². The predicted molar refractivity (Wildman–Crippen MR) is 224 cm³/mol. The zero-order valence-corrected chi connectivity index (χ0v) is 37.1. The average molecular weight is 904 g/mol. The van der Waals surface area contributed by atoms with Crippen molar-refractivity contribution < 1.29 is 34.4 Å².